The van der Waals surface area contributed by atoms with Gasteiger partial charge in [-0.1, -0.05) is 45.7 Å². The molecule has 0 saturated carbocycles. The van der Waals surface area contributed by atoms with Crippen LogP contribution in [-0.4, -0.2) is 54.4 Å². The van der Waals surface area contributed by atoms with Gasteiger partial charge in [-0.2, -0.15) is 0 Å². The first-order valence-corrected chi connectivity index (χ1v) is 14.4. The number of benzene rings is 1. The van der Waals surface area contributed by atoms with E-state index in [9.17, 15) is 9.90 Å². The van der Waals surface area contributed by atoms with Gasteiger partial charge in [0.15, 0.2) is 0 Å². The van der Waals surface area contributed by atoms with Crippen molar-refractivity contribution in [2.75, 3.05) is 39.1 Å². The summed E-state index contributed by atoms with van der Waals surface area (Å²) in [5.74, 6) is -0.464. The number of nitrogens with two attached hydrogens (primary N) is 1. The molecule has 0 spiro atoms. The fourth-order valence-corrected chi connectivity index (χ4v) is 5.37. The summed E-state index contributed by atoms with van der Waals surface area (Å²) in [6.45, 7) is 8.33. The summed E-state index contributed by atoms with van der Waals surface area (Å²) < 4.78 is 26.8. The zero-order valence-electron chi connectivity index (χ0n) is 24.0. The molecule has 0 radical (unpaired) electrons. The quantitative estimate of drug-likeness (QED) is 0.245. The number of hydrogen-bond acceptors (Lipinski definition) is 6. The normalized spacial score (nSPS) is 16.6. The minimum Gasteiger partial charge on any atom is -0.496 e. The summed E-state index contributed by atoms with van der Waals surface area (Å²) in [4.78, 5) is 18.7. The third kappa shape index (κ3) is 8.39. The van der Waals surface area contributed by atoms with Gasteiger partial charge in [0, 0.05) is 18.8 Å². The number of nitrogens with zero attached hydrogens (tertiary/aromatic N) is 2. The lowest BCUT2D eigenvalue weighted by molar-refractivity contribution is -0.143. The van der Waals surface area contributed by atoms with Gasteiger partial charge in [-0.05, 0) is 80.2 Å². The van der Waals surface area contributed by atoms with E-state index >= 15 is 4.39 Å². The van der Waals surface area contributed by atoms with Gasteiger partial charge in [-0.25, -0.2) is 9.37 Å². The second-order valence-corrected chi connectivity index (χ2v) is 11.0. The highest BCUT2D eigenvalue weighted by Crippen LogP contribution is 2.38. The van der Waals surface area contributed by atoms with Crippen molar-refractivity contribution in [1.29, 1.82) is 0 Å². The maximum Gasteiger partial charge on any atom is 0.325 e. The Hall–Kier alpha value is -2.71. The number of ether oxygens (including phenoxy) is 2. The molecule has 0 aliphatic carbocycles. The van der Waals surface area contributed by atoms with Crippen molar-refractivity contribution in [3.8, 4) is 5.75 Å². The first-order chi connectivity index (χ1) is 18.8. The maximum atomic E-state index is 15.5. The molecule has 2 unspecified atom stereocenters. The van der Waals surface area contributed by atoms with Crippen LogP contribution < -0.4 is 10.5 Å². The van der Waals surface area contributed by atoms with E-state index in [0.29, 0.717) is 37.7 Å². The van der Waals surface area contributed by atoms with Crippen LogP contribution in [-0.2, 0) is 22.4 Å². The summed E-state index contributed by atoms with van der Waals surface area (Å²) in [5.41, 5.74) is 8.92. The van der Waals surface area contributed by atoms with Gasteiger partial charge in [-0.3, -0.25) is 9.69 Å². The second-order valence-electron chi connectivity index (χ2n) is 11.0. The van der Waals surface area contributed by atoms with Crippen LogP contribution in [0, 0.1) is 11.7 Å². The Labute approximate surface area is 232 Å². The average molecular weight is 544 g/mol. The number of unbranched alkanes of at least 4 members (excludes halogenated alkanes) is 3. The van der Waals surface area contributed by atoms with E-state index in [1.807, 2.05) is 18.7 Å². The lowest BCUT2D eigenvalue weighted by Gasteiger charge is -2.27. The summed E-state index contributed by atoms with van der Waals surface area (Å²) >= 11 is 0. The van der Waals surface area contributed by atoms with Crippen molar-refractivity contribution in [3.63, 3.8) is 0 Å². The Balaban J connectivity index is 1.43. The fraction of sp³-hybridized carbons (Fsp3) is 0.613. The highest BCUT2D eigenvalue weighted by Gasteiger charge is 2.38. The number of pyridine rings is 1. The number of halogens is 1. The first-order valence-electron chi connectivity index (χ1n) is 14.4. The molecule has 1 aromatic carbocycles. The Morgan fingerprint density at radius 3 is 2.64 bits per heavy atom. The standard InChI is InChI=1S/C31H46FN3O4/c1-5-6-10-23-12-13-24(34-30(23)33)11-8-7-9-18-39-20-22-16-17-35(19-22)29(31(36)37)27-26(38-4)15-14-25(21(2)3)28(27)32/h12-15,21-22,29H,5-11,16-20H2,1-4H3,(H2,33,34)(H,36,37). The minimum atomic E-state index is -1.09. The molecule has 1 aliphatic heterocycles. The molecule has 1 fully saturated rings. The number of anilines is 1. The van der Waals surface area contributed by atoms with Crippen molar-refractivity contribution >= 4 is 11.8 Å². The molecule has 1 aliphatic rings. The number of carbonyl (C=O) groups is 1. The van der Waals surface area contributed by atoms with E-state index in [2.05, 4.69) is 24.0 Å². The number of aromatic nitrogens is 1. The molecular weight excluding hydrogens is 497 g/mol. The van der Waals surface area contributed by atoms with Crippen molar-refractivity contribution < 1.29 is 23.8 Å². The molecule has 8 heteroatoms. The number of aryl methyl sites for hydroxylation is 2. The van der Waals surface area contributed by atoms with Crippen LogP contribution in [0.1, 0.15) is 93.6 Å². The Morgan fingerprint density at radius 2 is 1.97 bits per heavy atom. The van der Waals surface area contributed by atoms with Crippen LogP contribution in [0.2, 0.25) is 0 Å². The van der Waals surface area contributed by atoms with Gasteiger partial charge in [0.1, 0.15) is 23.4 Å². The molecule has 216 valence electrons. The molecule has 0 amide bonds. The van der Waals surface area contributed by atoms with E-state index in [1.54, 1.807) is 12.1 Å². The number of likely N-dealkylation sites (tertiary alicyclic amines) is 1. The monoisotopic (exact) mass is 543 g/mol. The molecule has 1 saturated heterocycles. The van der Waals surface area contributed by atoms with Crippen LogP contribution in [0.15, 0.2) is 24.3 Å². The predicted octanol–water partition coefficient (Wildman–Crippen LogP) is 6.15. The Kier molecular flexibility index (Phi) is 12.0. The molecule has 3 rings (SSSR count). The molecular formula is C31H46FN3O4. The van der Waals surface area contributed by atoms with Gasteiger partial charge in [-0.15, -0.1) is 0 Å². The van der Waals surface area contributed by atoms with Crippen LogP contribution in [0.3, 0.4) is 0 Å². The summed E-state index contributed by atoms with van der Waals surface area (Å²) in [6.07, 6.45) is 8.02. The van der Waals surface area contributed by atoms with E-state index < -0.39 is 17.8 Å². The summed E-state index contributed by atoms with van der Waals surface area (Å²) in [6, 6.07) is 6.47. The SMILES string of the molecule is CCCCc1ccc(CCCCCOCC2CCN(C(C(=O)O)c3c(OC)ccc(C(C)C)c3F)C2)nc1N. The lowest BCUT2D eigenvalue weighted by Crippen LogP contribution is -2.34. The van der Waals surface area contributed by atoms with Crippen molar-refractivity contribution in [1.82, 2.24) is 9.88 Å². The van der Waals surface area contributed by atoms with Crippen LogP contribution in [0.4, 0.5) is 10.2 Å². The largest absolute Gasteiger partial charge is 0.496 e. The topological polar surface area (TPSA) is 97.9 Å². The first kappa shape index (κ1) is 30.8. The highest BCUT2D eigenvalue weighted by atomic mass is 19.1. The number of methoxy groups -OCH3 is 1. The van der Waals surface area contributed by atoms with Crippen LogP contribution >= 0.6 is 0 Å². The molecule has 2 aromatic rings. The fourth-order valence-electron chi connectivity index (χ4n) is 5.37. The van der Waals surface area contributed by atoms with Gasteiger partial charge < -0.3 is 20.3 Å². The number of hydrogen-bond donors (Lipinski definition) is 2. The Bertz CT molecular complexity index is 1080. The smallest absolute Gasteiger partial charge is 0.325 e. The highest BCUT2D eigenvalue weighted by molar-refractivity contribution is 5.77. The van der Waals surface area contributed by atoms with Crippen molar-refractivity contribution in [2.24, 2.45) is 5.92 Å². The molecule has 2 heterocycles. The van der Waals surface area contributed by atoms with Gasteiger partial charge in [0.2, 0.25) is 0 Å². The number of nitrogen functional groups attached to an aromatic ring is 1. The van der Waals surface area contributed by atoms with Crippen LogP contribution in [0.25, 0.3) is 0 Å². The second kappa shape index (κ2) is 15.2. The molecule has 7 nitrogen and oxygen atoms in total. The van der Waals surface area contributed by atoms with E-state index in [0.717, 1.165) is 62.6 Å². The van der Waals surface area contributed by atoms with Gasteiger partial charge in [0.05, 0.1) is 19.3 Å². The minimum absolute atomic E-state index is 0.0608. The number of carboxylic acids is 1. The number of aliphatic carboxylic acids is 1. The van der Waals surface area contributed by atoms with E-state index in [1.165, 1.54) is 7.11 Å². The molecule has 2 atom stereocenters. The number of carboxylic acid groups (broad SMARTS) is 1. The third-order valence-electron chi connectivity index (χ3n) is 7.65. The van der Waals surface area contributed by atoms with Crippen molar-refractivity contribution in [2.45, 2.75) is 84.1 Å². The third-order valence-corrected chi connectivity index (χ3v) is 7.65. The summed E-state index contributed by atoms with van der Waals surface area (Å²) in [7, 11) is 1.45. The van der Waals surface area contributed by atoms with Gasteiger partial charge in [0.25, 0.3) is 0 Å². The molecule has 39 heavy (non-hydrogen) atoms. The van der Waals surface area contributed by atoms with Crippen LogP contribution in [0.5, 0.6) is 5.75 Å². The molecule has 3 N–H and O–H groups in total. The zero-order valence-corrected chi connectivity index (χ0v) is 24.0. The van der Waals surface area contributed by atoms with Crippen molar-refractivity contribution in [3.05, 3.63) is 52.5 Å². The van der Waals surface area contributed by atoms with E-state index in [4.69, 9.17) is 15.2 Å². The van der Waals surface area contributed by atoms with Gasteiger partial charge >= 0.3 is 5.97 Å². The Morgan fingerprint density at radius 1 is 1.18 bits per heavy atom. The molecule has 1 aromatic heterocycles. The van der Waals surface area contributed by atoms with E-state index in [-0.39, 0.29) is 23.1 Å². The number of rotatable bonds is 16. The lowest BCUT2D eigenvalue weighted by atomic mass is 9.95. The molecule has 0 bridgehead atoms. The summed E-state index contributed by atoms with van der Waals surface area (Å²) in [5, 5.41) is 10.1. The maximum absolute atomic E-state index is 15.5. The average Bonchev–Trinajstić information content (AvgIpc) is 3.36. The predicted molar refractivity (Wildman–Crippen MR) is 153 cm³/mol. The zero-order chi connectivity index (χ0) is 28.4.